The molecule has 33 heavy (non-hydrogen) atoms. The summed E-state index contributed by atoms with van der Waals surface area (Å²) < 4.78 is 0. The molecular formula is C26H34ClN3O3. The molecule has 2 aromatic rings. The van der Waals surface area contributed by atoms with E-state index in [0.29, 0.717) is 30.1 Å². The lowest BCUT2D eigenvalue weighted by Gasteiger charge is -2.51. The molecule has 6 nitrogen and oxygen atoms in total. The van der Waals surface area contributed by atoms with Crippen LogP contribution in [0.15, 0.2) is 54.6 Å². The van der Waals surface area contributed by atoms with E-state index in [0.717, 1.165) is 5.56 Å². The highest BCUT2D eigenvalue weighted by molar-refractivity contribution is 6.30. The molecule has 3 unspecified atom stereocenters. The SMILES string of the molecule is CC(C)C(NC(=O)C(N)c1ccccc1)C(=O)N1CCC(O)(c2ccc(Cl)cc2)C(C)(C)C1. The van der Waals surface area contributed by atoms with Crippen molar-refractivity contribution in [3.63, 3.8) is 0 Å². The normalized spacial score (nSPS) is 22.0. The first-order valence-corrected chi connectivity index (χ1v) is 11.7. The Labute approximate surface area is 201 Å². The van der Waals surface area contributed by atoms with Crippen molar-refractivity contribution in [3.05, 3.63) is 70.7 Å². The molecule has 0 saturated carbocycles. The molecule has 1 aliphatic heterocycles. The first-order valence-electron chi connectivity index (χ1n) is 11.3. The van der Waals surface area contributed by atoms with E-state index in [1.807, 2.05) is 58.0 Å². The van der Waals surface area contributed by atoms with Crippen molar-refractivity contribution in [1.82, 2.24) is 10.2 Å². The summed E-state index contributed by atoms with van der Waals surface area (Å²) in [5, 5.41) is 15.1. The molecule has 2 aromatic carbocycles. The Morgan fingerprint density at radius 1 is 1.09 bits per heavy atom. The Morgan fingerprint density at radius 2 is 1.70 bits per heavy atom. The van der Waals surface area contributed by atoms with Crippen molar-refractivity contribution in [3.8, 4) is 0 Å². The van der Waals surface area contributed by atoms with Gasteiger partial charge >= 0.3 is 0 Å². The van der Waals surface area contributed by atoms with Gasteiger partial charge < -0.3 is 21.1 Å². The summed E-state index contributed by atoms with van der Waals surface area (Å²) in [6.07, 6.45) is 0.385. The van der Waals surface area contributed by atoms with Crippen LogP contribution in [0.1, 0.15) is 51.3 Å². The molecule has 0 aliphatic carbocycles. The lowest BCUT2D eigenvalue weighted by atomic mass is 9.66. The Bertz CT molecular complexity index is 978. The van der Waals surface area contributed by atoms with Crippen molar-refractivity contribution in [2.75, 3.05) is 13.1 Å². The van der Waals surface area contributed by atoms with Gasteiger partial charge in [-0.3, -0.25) is 9.59 Å². The minimum atomic E-state index is -1.10. The minimum Gasteiger partial charge on any atom is -0.384 e. The van der Waals surface area contributed by atoms with Gasteiger partial charge in [0.2, 0.25) is 11.8 Å². The third-order valence-corrected chi connectivity index (χ3v) is 7.01. The van der Waals surface area contributed by atoms with Crippen LogP contribution in [-0.4, -0.2) is 41.0 Å². The van der Waals surface area contributed by atoms with Gasteiger partial charge in [-0.1, -0.05) is 81.8 Å². The number of carbonyl (C=O) groups excluding carboxylic acids is 2. The zero-order valence-corrected chi connectivity index (χ0v) is 20.5. The van der Waals surface area contributed by atoms with Crippen LogP contribution in [-0.2, 0) is 15.2 Å². The summed E-state index contributed by atoms with van der Waals surface area (Å²) in [6, 6.07) is 14.7. The van der Waals surface area contributed by atoms with E-state index in [4.69, 9.17) is 17.3 Å². The summed E-state index contributed by atoms with van der Waals surface area (Å²) in [6.45, 7) is 8.44. The lowest BCUT2D eigenvalue weighted by molar-refractivity contribution is -0.156. The Hall–Kier alpha value is -2.41. The molecule has 1 heterocycles. The highest BCUT2D eigenvalue weighted by Gasteiger charge is 2.50. The number of aliphatic hydroxyl groups is 1. The number of likely N-dealkylation sites (tertiary alicyclic amines) is 1. The number of piperidine rings is 1. The highest BCUT2D eigenvalue weighted by atomic mass is 35.5. The molecule has 0 aromatic heterocycles. The van der Waals surface area contributed by atoms with Crippen LogP contribution in [0, 0.1) is 11.3 Å². The summed E-state index contributed by atoms with van der Waals surface area (Å²) in [5.41, 5.74) is 5.91. The zero-order valence-electron chi connectivity index (χ0n) is 19.7. The molecule has 2 amide bonds. The molecule has 3 atom stereocenters. The molecule has 178 valence electrons. The van der Waals surface area contributed by atoms with Crippen LogP contribution in [0.25, 0.3) is 0 Å². The Morgan fingerprint density at radius 3 is 2.24 bits per heavy atom. The lowest BCUT2D eigenvalue weighted by Crippen LogP contribution is -2.61. The highest BCUT2D eigenvalue weighted by Crippen LogP contribution is 2.46. The number of nitrogens with one attached hydrogen (secondary N) is 1. The standard InChI is InChI=1S/C26H34ClN3O3/c1-17(2)22(29-23(31)21(28)18-8-6-5-7-9-18)24(32)30-15-14-26(33,25(3,4)16-30)19-10-12-20(27)13-11-19/h5-13,17,21-22,33H,14-16,28H2,1-4H3,(H,29,31). The van der Waals surface area contributed by atoms with E-state index >= 15 is 0 Å². The van der Waals surface area contributed by atoms with E-state index in [1.54, 1.807) is 29.2 Å². The van der Waals surface area contributed by atoms with Gasteiger partial charge in [-0.2, -0.15) is 0 Å². The first kappa shape index (κ1) is 25.2. The summed E-state index contributed by atoms with van der Waals surface area (Å²) >= 11 is 6.02. The molecule has 4 N–H and O–H groups in total. The number of nitrogens with two attached hydrogens (primary N) is 1. The van der Waals surface area contributed by atoms with Crippen molar-refractivity contribution in [1.29, 1.82) is 0 Å². The number of carbonyl (C=O) groups is 2. The first-order chi connectivity index (χ1) is 15.5. The van der Waals surface area contributed by atoms with Gasteiger partial charge in [-0.25, -0.2) is 0 Å². The molecule has 7 heteroatoms. The molecule has 3 rings (SSSR count). The monoisotopic (exact) mass is 471 g/mol. The van der Waals surface area contributed by atoms with Crippen molar-refractivity contribution >= 4 is 23.4 Å². The molecule has 0 spiro atoms. The summed E-state index contributed by atoms with van der Waals surface area (Å²) in [4.78, 5) is 28.1. The van der Waals surface area contributed by atoms with Gasteiger partial charge in [0.1, 0.15) is 12.1 Å². The van der Waals surface area contributed by atoms with Gasteiger partial charge in [0.15, 0.2) is 0 Å². The zero-order chi connectivity index (χ0) is 24.4. The maximum atomic E-state index is 13.5. The molecular weight excluding hydrogens is 438 g/mol. The fraction of sp³-hybridized carbons (Fsp3) is 0.462. The average Bonchev–Trinajstić information content (AvgIpc) is 2.78. The third kappa shape index (κ3) is 5.24. The van der Waals surface area contributed by atoms with E-state index in [9.17, 15) is 14.7 Å². The molecule has 1 aliphatic rings. The van der Waals surface area contributed by atoms with Crippen molar-refractivity contribution in [2.45, 2.75) is 51.8 Å². The van der Waals surface area contributed by atoms with Gasteiger partial charge in [0, 0.05) is 23.5 Å². The number of nitrogens with zero attached hydrogens (tertiary/aromatic N) is 1. The fourth-order valence-electron chi connectivity index (χ4n) is 4.54. The van der Waals surface area contributed by atoms with Gasteiger partial charge in [0.25, 0.3) is 0 Å². The average molecular weight is 472 g/mol. The molecule has 1 fully saturated rings. The van der Waals surface area contributed by atoms with Gasteiger partial charge in [-0.05, 0) is 35.6 Å². The topological polar surface area (TPSA) is 95.7 Å². The maximum Gasteiger partial charge on any atom is 0.245 e. The number of rotatable bonds is 6. The number of hydrogen-bond acceptors (Lipinski definition) is 4. The summed E-state index contributed by atoms with van der Waals surface area (Å²) in [7, 11) is 0. The number of benzene rings is 2. The Balaban J connectivity index is 1.74. The Kier molecular flexibility index (Phi) is 7.52. The molecule has 0 radical (unpaired) electrons. The predicted octanol–water partition coefficient (Wildman–Crippen LogP) is 3.63. The van der Waals surface area contributed by atoms with Crippen LogP contribution in [0.5, 0.6) is 0 Å². The fourth-order valence-corrected chi connectivity index (χ4v) is 4.66. The van der Waals surface area contributed by atoms with E-state index < -0.39 is 23.1 Å². The second-order valence-corrected chi connectivity index (χ2v) is 10.3. The van der Waals surface area contributed by atoms with Crippen molar-refractivity contribution < 1.29 is 14.7 Å². The maximum absolute atomic E-state index is 13.5. The number of amides is 2. The van der Waals surface area contributed by atoms with E-state index in [2.05, 4.69) is 5.32 Å². The smallest absolute Gasteiger partial charge is 0.245 e. The number of hydrogen-bond donors (Lipinski definition) is 3. The van der Waals surface area contributed by atoms with Gasteiger partial charge in [-0.15, -0.1) is 0 Å². The van der Waals surface area contributed by atoms with Crippen LogP contribution in [0.3, 0.4) is 0 Å². The minimum absolute atomic E-state index is 0.121. The quantitative estimate of drug-likeness (QED) is 0.599. The van der Waals surface area contributed by atoms with Crippen LogP contribution in [0.4, 0.5) is 0 Å². The van der Waals surface area contributed by atoms with Crippen LogP contribution >= 0.6 is 11.6 Å². The second kappa shape index (κ2) is 9.84. The molecule has 1 saturated heterocycles. The van der Waals surface area contributed by atoms with E-state index in [-0.39, 0.29) is 17.7 Å². The third-order valence-electron chi connectivity index (χ3n) is 6.75. The second-order valence-electron chi connectivity index (χ2n) is 9.88. The largest absolute Gasteiger partial charge is 0.384 e. The summed E-state index contributed by atoms with van der Waals surface area (Å²) in [5.74, 6) is -0.670. The van der Waals surface area contributed by atoms with Gasteiger partial charge in [0.05, 0.1) is 5.60 Å². The predicted molar refractivity (Wildman–Crippen MR) is 130 cm³/mol. The number of halogens is 1. The van der Waals surface area contributed by atoms with Crippen LogP contribution in [0.2, 0.25) is 5.02 Å². The van der Waals surface area contributed by atoms with Crippen molar-refractivity contribution in [2.24, 2.45) is 17.1 Å². The van der Waals surface area contributed by atoms with E-state index in [1.165, 1.54) is 0 Å². The molecule has 0 bridgehead atoms. The van der Waals surface area contributed by atoms with Crippen LogP contribution < -0.4 is 11.1 Å².